The van der Waals surface area contributed by atoms with E-state index < -0.39 is 20.0 Å². The van der Waals surface area contributed by atoms with E-state index in [-0.39, 0.29) is 19.1 Å². The normalized spacial score (nSPS) is 14.1. The van der Waals surface area contributed by atoms with Crippen LogP contribution in [0.15, 0.2) is 48.6 Å². The summed E-state index contributed by atoms with van der Waals surface area (Å²) in [4.78, 5) is 23.3. The molecule has 3 atom stereocenters. The van der Waals surface area contributed by atoms with Crippen LogP contribution in [-0.4, -0.2) is 73.4 Å². The van der Waals surface area contributed by atoms with Gasteiger partial charge in [0.1, 0.15) is 13.2 Å². The molecule has 0 aromatic heterocycles. The molecule has 1 amide bonds. The predicted molar refractivity (Wildman–Crippen MR) is 318 cm³/mol. The van der Waals surface area contributed by atoms with Crippen LogP contribution in [0.2, 0.25) is 0 Å². The fourth-order valence-electron chi connectivity index (χ4n) is 9.31. The molecule has 0 aliphatic rings. The molecule has 0 saturated carbocycles. The van der Waals surface area contributed by atoms with Gasteiger partial charge in [0, 0.05) is 6.42 Å². The third-order valence-corrected chi connectivity index (χ3v) is 15.2. The van der Waals surface area contributed by atoms with Gasteiger partial charge in [-0.3, -0.25) is 13.8 Å². The second kappa shape index (κ2) is 55.2. The molecule has 0 aliphatic carbocycles. The lowest BCUT2D eigenvalue weighted by Gasteiger charge is -2.25. The number of phosphoric acid groups is 1. The van der Waals surface area contributed by atoms with Crippen molar-refractivity contribution < 1.29 is 32.9 Å². The Hall–Kier alpha value is -1.54. The van der Waals surface area contributed by atoms with Crippen molar-refractivity contribution in [1.82, 2.24) is 5.32 Å². The minimum Gasteiger partial charge on any atom is -0.387 e. The van der Waals surface area contributed by atoms with E-state index in [2.05, 4.69) is 55.6 Å². The van der Waals surface area contributed by atoms with Gasteiger partial charge in [0.05, 0.1) is 39.9 Å². The van der Waals surface area contributed by atoms with Gasteiger partial charge in [0.25, 0.3) is 0 Å². The van der Waals surface area contributed by atoms with Crippen LogP contribution in [0.1, 0.15) is 303 Å². The topological polar surface area (TPSA) is 105 Å². The number of nitrogens with one attached hydrogen (secondary N) is 1. The summed E-state index contributed by atoms with van der Waals surface area (Å²) in [6.07, 6.45) is 73.8. The quantitative estimate of drug-likeness (QED) is 0.0243. The van der Waals surface area contributed by atoms with Crippen LogP contribution in [0.4, 0.5) is 0 Å². The summed E-state index contributed by atoms with van der Waals surface area (Å²) in [5.74, 6) is -0.187. The summed E-state index contributed by atoms with van der Waals surface area (Å²) < 4.78 is 23.7. The summed E-state index contributed by atoms with van der Waals surface area (Å²) in [5.41, 5.74) is 0. The van der Waals surface area contributed by atoms with E-state index in [1.165, 1.54) is 238 Å². The number of unbranched alkanes of at least 4 members (excludes halogenated alkanes) is 39. The maximum absolute atomic E-state index is 13.0. The van der Waals surface area contributed by atoms with E-state index in [0.717, 1.165) is 44.9 Å². The summed E-state index contributed by atoms with van der Waals surface area (Å²) in [6.45, 7) is 4.82. The molecule has 3 N–H and O–H groups in total. The van der Waals surface area contributed by atoms with Crippen molar-refractivity contribution in [3.8, 4) is 0 Å². The van der Waals surface area contributed by atoms with Crippen LogP contribution in [0.5, 0.6) is 0 Å². The Morgan fingerprint density at radius 1 is 0.452 bits per heavy atom. The van der Waals surface area contributed by atoms with Crippen molar-refractivity contribution in [3.63, 3.8) is 0 Å². The zero-order valence-electron chi connectivity index (χ0n) is 49.1. The molecule has 73 heavy (non-hydrogen) atoms. The highest BCUT2D eigenvalue weighted by Gasteiger charge is 2.27. The number of aliphatic hydroxyl groups is 1. The highest BCUT2D eigenvalue weighted by molar-refractivity contribution is 7.47. The first-order chi connectivity index (χ1) is 35.5. The number of amides is 1. The number of hydrogen-bond acceptors (Lipinski definition) is 5. The minimum atomic E-state index is -4.36. The number of rotatable bonds is 58. The van der Waals surface area contributed by atoms with E-state index in [9.17, 15) is 19.4 Å². The van der Waals surface area contributed by atoms with Crippen LogP contribution in [0.25, 0.3) is 0 Å². The molecular formula is C64H124N2O6P+. The molecular weight excluding hydrogens is 924 g/mol. The van der Waals surface area contributed by atoms with E-state index in [4.69, 9.17) is 9.05 Å². The van der Waals surface area contributed by atoms with E-state index in [0.29, 0.717) is 17.4 Å². The Kier molecular flexibility index (Phi) is 54.1. The summed E-state index contributed by atoms with van der Waals surface area (Å²) >= 11 is 0. The lowest BCUT2D eigenvalue weighted by atomic mass is 10.0. The standard InChI is InChI=1S/C64H123N2O6P/c1-6-8-10-12-14-16-18-20-22-24-26-28-30-32-33-34-36-38-40-42-44-46-48-50-52-54-56-58-64(68)65-62(61-72-73(69,70)71-60-59-66(3,4)5)63(67)57-55-53-51-49-47-45-43-41-39-37-35-31-29-27-25-23-21-19-17-15-13-11-9-7-2/h24,26,39,41,47,49,55,57,62-63,67H,6-23,25,27-38,40,42-46,48,50-54,56,58-61H2,1-5H3,(H-,65,68,69,70)/p+1/b26-24-,41-39+,49-47+,57-55+. The van der Waals surface area contributed by atoms with Gasteiger partial charge in [-0.25, -0.2) is 4.57 Å². The van der Waals surface area contributed by atoms with Crippen molar-refractivity contribution in [1.29, 1.82) is 0 Å². The summed E-state index contributed by atoms with van der Waals surface area (Å²) in [5, 5.41) is 13.9. The number of nitrogens with zero attached hydrogens (tertiary/aromatic N) is 1. The number of quaternary nitrogens is 1. The van der Waals surface area contributed by atoms with Gasteiger partial charge in [-0.1, -0.05) is 274 Å². The molecule has 3 unspecified atom stereocenters. The van der Waals surface area contributed by atoms with E-state index in [1.54, 1.807) is 6.08 Å². The number of hydrogen-bond donors (Lipinski definition) is 3. The van der Waals surface area contributed by atoms with Gasteiger partial charge >= 0.3 is 7.82 Å². The van der Waals surface area contributed by atoms with Crippen LogP contribution >= 0.6 is 7.82 Å². The number of phosphoric ester groups is 1. The number of aliphatic hydroxyl groups excluding tert-OH is 1. The number of carbonyl (C=O) groups is 1. The van der Waals surface area contributed by atoms with Gasteiger partial charge in [-0.15, -0.1) is 0 Å². The van der Waals surface area contributed by atoms with Crippen molar-refractivity contribution in [3.05, 3.63) is 48.6 Å². The lowest BCUT2D eigenvalue weighted by Crippen LogP contribution is -2.45. The van der Waals surface area contributed by atoms with Gasteiger partial charge in [-0.2, -0.15) is 0 Å². The lowest BCUT2D eigenvalue weighted by molar-refractivity contribution is -0.870. The first-order valence-corrected chi connectivity index (χ1v) is 33.0. The maximum Gasteiger partial charge on any atom is 0.472 e. The molecule has 8 nitrogen and oxygen atoms in total. The molecule has 0 aromatic carbocycles. The SMILES string of the molecule is CCCCCCCCCC/C=C\CCCCCCCCCCCCCCCCCC(=O)NC(COP(=O)(O)OCC[N+](C)(C)C)C(O)/C=C/CC/C=C/CC/C=C/CCCCCCCCCCCCCCCC. The molecule has 0 saturated heterocycles. The van der Waals surface area contributed by atoms with E-state index in [1.807, 2.05) is 27.2 Å². The molecule has 0 fully saturated rings. The van der Waals surface area contributed by atoms with Gasteiger partial charge in [-0.05, 0) is 70.6 Å². The highest BCUT2D eigenvalue weighted by atomic mass is 31.2. The molecule has 0 bridgehead atoms. The van der Waals surface area contributed by atoms with Crippen LogP contribution in [0, 0.1) is 0 Å². The van der Waals surface area contributed by atoms with Gasteiger partial charge < -0.3 is 19.8 Å². The fourth-order valence-corrected chi connectivity index (χ4v) is 10.0. The molecule has 9 heteroatoms. The average molecular weight is 1050 g/mol. The zero-order chi connectivity index (χ0) is 53.5. The van der Waals surface area contributed by atoms with E-state index >= 15 is 0 Å². The van der Waals surface area contributed by atoms with Gasteiger partial charge in [0.15, 0.2) is 0 Å². The van der Waals surface area contributed by atoms with Crippen LogP contribution in [0.3, 0.4) is 0 Å². The number of likely N-dealkylation sites (N-methyl/N-ethyl adjacent to an activating group) is 1. The first-order valence-electron chi connectivity index (χ1n) is 31.5. The molecule has 0 radical (unpaired) electrons. The van der Waals surface area contributed by atoms with Gasteiger partial charge in [0.2, 0.25) is 5.91 Å². The number of carbonyl (C=O) groups excluding carboxylic acids is 1. The number of allylic oxidation sites excluding steroid dienone is 7. The molecule has 430 valence electrons. The van der Waals surface area contributed by atoms with Crippen molar-refractivity contribution in [2.24, 2.45) is 0 Å². The Bertz CT molecular complexity index is 1330. The molecule has 0 heterocycles. The minimum absolute atomic E-state index is 0.0539. The first kappa shape index (κ1) is 71.5. The van der Waals surface area contributed by atoms with Crippen LogP contribution in [-0.2, 0) is 18.4 Å². The summed E-state index contributed by atoms with van der Waals surface area (Å²) in [6, 6.07) is -0.871. The predicted octanol–water partition coefficient (Wildman–Crippen LogP) is 19.5. The van der Waals surface area contributed by atoms with Crippen molar-refractivity contribution >= 4 is 13.7 Å². The molecule has 0 spiro atoms. The zero-order valence-corrected chi connectivity index (χ0v) is 50.0. The Morgan fingerprint density at radius 2 is 0.753 bits per heavy atom. The van der Waals surface area contributed by atoms with Crippen molar-refractivity contribution in [2.75, 3.05) is 40.9 Å². The largest absolute Gasteiger partial charge is 0.472 e. The third kappa shape index (κ3) is 58.0. The second-order valence-corrected chi connectivity index (χ2v) is 24.2. The Morgan fingerprint density at radius 3 is 1.10 bits per heavy atom. The summed E-state index contributed by atoms with van der Waals surface area (Å²) in [7, 11) is 1.55. The molecule has 0 aliphatic heterocycles. The fraction of sp³-hybridized carbons (Fsp3) is 0.859. The van der Waals surface area contributed by atoms with Crippen molar-refractivity contribution in [2.45, 2.75) is 315 Å². The highest BCUT2D eigenvalue weighted by Crippen LogP contribution is 2.43. The smallest absolute Gasteiger partial charge is 0.387 e. The monoisotopic (exact) mass is 1050 g/mol. The average Bonchev–Trinajstić information content (AvgIpc) is 3.35. The molecule has 0 aromatic rings. The second-order valence-electron chi connectivity index (χ2n) is 22.8. The maximum atomic E-state index is 13.0. The Labute approximate surface area is 454 Å². The molecule has 0 rings (SSSR count). The Balaban J connectivity index is 4.20. The van der Waals surface area contributed by atoms with Crippen LogP contribution < -0.4 is 5.32 Å². The third-order valence-electron chi connectivity index (χ3n) is 14.2.